The number of aryl methyl sites for hydroxylation is 2. The Hall–Kier alpha value is -2.40. The van der Waals surface area contributed by atoms with Gasteiger partial charge < -0.3 is 15.0 Å². The molecule has 0 unspecified atom stereocenters. The third-order valence-corrected chi connectivity index (χ3v) is 5.91. The predicted octanol–water partition coefficient (Wildman–Crippen LogP) is 4.40. The smallest absolute Gasteiger partial charge is 0.220 e. The Morgan fingerprint density at radius 2 is 1.77 bits per heavy atom. The summed E-state index contributed by atoms with van der Waals surface area (Å²) >= 11 is 0. The molecule has 2 atom stereocenters. The van der Waals surface area contributed by atoms with Gasteiger partial charge in [-0.1, -0.05) is 6.07 Å². The van der Waals surface area contributed by atoms with Crippen molar-refractivity contribution in [3.63, 3.8) is 0 Å². The molecular weight excluding hydrogens is 374 g/mol. The van der Waals surface area contributed by atoms with Crippen molar-refractivity contribution in [2.45, 2.75) is 65.7 Å². The van der Waals surface area contributed by atoms with Gasteiger partial charge in [-0.25, -0.2) is 0 Å². The van der Waals surface area contributed by atoms with Gasteiger partial charge in [0.15, 0.2) is 0 Å². The second-order valence-corrected chi connectivity index (χ2v) is 9.07. The van der Waals surface area contributed by atoms with Crippen LogP contribution in [-0.2, 0) is 16.1 Å². The van der Waals surface area contributed by atoms with E-state index in [0.717, 1.165) is 41.2 Å². The van der Waals surface area contributed by atoms with Crippen LogP contribution < -0.4 is 10.2 Å². The molecule has 1 aromatic heterocycles. The van der Waals surface area contributed by atoms with E-state index in [1.54, 1.807) is 0 Å². The summed E-state index contributed by atoms with van der Waals surface area (Å²) in [7, 11) is 0. The first-order chi connectivity index (χ1) is 14.4. The van der Waals surface area contributed by atoms with Crippen LogP contribution in [0.5, 0.6) is 0 Å². The SMILES string of the molecule is Cc1cc(-c2ccc(N3C[C@@H](C)O[C@@H](C)C3)cc2CNC(=O)CC2CC2)cc(C)n1. The summed E-state index contributed by atoms with van der Waals surface area (Å²) < 4.78 is 5.90. The minimum absolute atomic E-state index is 0.157. The molecule has 2 aromatic rings. The standard InChI is InChI=1S/C25H33N3O2/c1-16-9-21(10-17(2)27-16)24-8-7-23(28-14-18(3)30-19(4)15-28)12-22(24)13-26-25(29)11-20-5-6-20/h7-10,12,18-20H,5-6,11,13-15H2,1-4H3,(H,26,29)/t18-,19+. The van der Waals surface area contributed by atoms with Gasteiger partial charge in [0.2, 0.25) is 5.91 Å². The van der Waals surface area contributed by atoms with E-state index < -0.39 is 0 Å². The van der Waals surface area contributed by atoms with Crippen molar-refractivity contribution >= 4 is 11.6 Å². The molecular formula is C25H33N3O2. The Morgan fingerprint density at radius 3 is 2.40 bits per heavy atom. The molecule has 2 aliphatic rings. The Morgan fingerprint density at radius 1 is 1.10 bits per heavy atom. The largest absolute Gasteiger partial charge is 0.372 e. The first-order valence-corrected chi connectivity index (χ1v) is 11.1. The molecule has 1 aliphatic heterocycles. The van der Waals surface area contributed by atoms with E-state index in [1.807, 2.05) is 13.8 Å². The first-order valence-electron chi connectivity index (χ1n) is 11.1. The highest BCUT2D eigenvalue weighted by molar-refractivity contribution is 5.77. The van der Waals surface area contributed by atoms with Gasteiger partial charge in [-0.15, -0.1) is 0 Å². The molecule has 160 valence electrons. The highest BCUT2D eigenvalue weighted by Gasteiger charge is 2.25. The lowest BCUT2D eigenvalue weighted by Gasteiger charge is -2.37. The minimum Gasteiger partial charge on any atom is -0.372 e. The van der Waals surface area contributed by atoms with Crippen molar-refractivity contribution in [1.82, 2.24) is 10.3 Å². The van der Waals surface area contributed by atoms with Crippen LogP contribution in [0.1, 0.15) is 50.1 Å². The van der Waals surface area contributed by atoms with Gasteiger partial charge in [0, 0.05) is 43.1 Å². The normalized spacial score (nSPS) is 21.5. The molecule has 0 spiro atoms. The molecule has 5 nitrogen and oxygen atoms in total. The zero-order valence-corrected chi connectivity index (χ0v) is 18.6. The number of rotatable bonds is 6. The van der Waals surface area contributed by atoms with Crippen LogP contribution in [0.4, 0.5) is 5.69 Å². The van der Waals surface area contributed by atoms with Crippen molar-refractivity contribution in [2.24, 2.45) is 5.92 Å². The van der Waals surface area contributed by atoms with Crippen LogP contribution in [0.2, 0.25) is 0 Å². The van der Waals surface area contributed by atoms with Gasteiger partial charge in [-0.05, 0) is 87.4 Å². The van der Waals surface area contributed by atoms with Gasteiger partial charge in [0.05, 0.1) is 12.2 Å². The number of nitrogens with zero attached hydrogens (tertiary/aromatic N) is 2. The number of amides is 1. The second kappa shape index (κ2) is 8.76. The molecule has 0 radical (unpaired) electrons. The van der Waals surface area contributed by atoms with Crippen LogP contribution in [0, 0.1) is 19.8 Å². The summed E-state index contributed by atoms with van der Waals surface area (Å²) in [4.78, 5) is 19.3. The van der Waals surface area contributed by atoms with E-state index in [0.29, 0.717) is 18.9 Å². The molecule has 2 heterocycles. The minimum atomic E-state index is 0.157. The van der Waals surface area contributed by atoms with E-state index in [2.05, 4.69) is 59.4 Å². The number of hydrogen-bond acceptors (Lipinski definition) is 4. The number of ether oxygens (including phenoxy) is 1. The highest BCUT2D eigenvalue weighted by Crippen LogP contribution is 2.33. The van der Waals surface area contributed by atoms with E-state index >= 15 is 0 Å². The molecule has 1 N–H and O–H groups in total. The Bertz CT molecular complexity index is 892. The number of carbonyl (C=O) groups is 1. The van der Waals surface area contributed by atoms with Crippen LogP contribution in [0.25, 0.3) is 11.1 Å². The fraction of sp³-hybridized carbons (Fsp3) is 0.520. The second-order valence-electron chi connectivity index (χ2n) is 9.07. The fourth-order valence-corrected chi connectivity index (χ4v) is 4.43. The molecule has 1 aromatic carbocycles. The maximum absolute atomic E-state index is 12.3. The number of hydrogen-bond donors (Lipinski definition) is 1. The summed E-state index contributed by atoms with van der Waals surface area (Å²) in [6.07, 6.45) is 3.45. The van der Waals surface area contributed by atoms with E-state index in [9.17, 15) is 4.79 Å². The Balaban J connectivity index is 1.63. The monoisotopic (exact) mass is 407 g/mol. The fourth-order valence-electron chi connectivity index (χ4n) is 4.43. The summed E-state index contributed by atoms with van der Waals surface area (Å²) in [6.45, 7) is 10.6. The number of pyridine rings is 1. The first kappa shape index (κ1) is 20.9. The van der Waals surface area contributed by atoms with Gasteiger partial charge in [-0.2, -0.15) is 0 Å². The lowest BCUT2D eigenvalue weighted by atomic mass is 9.97. The Kier molecular flexibility index (Phi) is 6.09. The van der Waals surface area contributed by atoms with Crippen molar-refractivity contribution in [1.29, 1.82) is 0 Å². The third kappa shape index (κ3) is 5.20. The number of aromatic nitrogens is 1. The zero-order chi connectivity index (χ0) is 21.3. The third-order valence-electron chi connectivity index (χ3n) is 5.91. The maximum atomic E-state index is 12.3. The van der Waals surface area contributed by atoms with Crippen LogP contribution in [0.3, 0.4) is 0 Å². The molecule has 2 fully saturated rings. The molecule has 0 bridgehead atoms. The van der Waals surface area contributed by atoms with Crippen molar-refractivity contribution in [2.75, 3.05) is 18.0 Å². The van der Waals surface area contributed by atoms with Crippen molar-refractivity contribution in [3.8, 4) is 11.1 Å². The lowest BCUT2D eigenvalue weighted by molar-refractivity contribution is -0.121. The van der Waals surface area contributed by atoms with E-state index in [4.69, 9.17) is 4.74 Å². The average Bonchev–Trinajstić information content (AvgIpc) is 3.48. The molecule has 1 aliphatic carbocycles. The highest BCUT2D eigenvalue weighted by atomic mass is 16.5. The summed E-state index contributed by atoms with van der Waals surface area (Å²) in [5.74, 6) is 0.752. The van der Waals surface area contributed by atoms with Gasteiger partial charge >= 0.3 is 0 Å². The van der Waals surface area contributed by atoms with E-state index in [1.165, 1.54) is 18.5 Å². The van der Waals surface area contributed by atoms with Gasteiger partial charge in [-0.3, -0.25) is 9.78 Å². The van der Waals surface area contributed by atoms with E-state index in [-0.39, 0.29) is 18.1 Å². The quantitative estimate of drug-likeness (QED) is 0.771. The van der Waals surface area contributed by atoms with Crippen molar-refractivity contribution in [3.05, 3.63) is 47.3 Å². The Labute approximate surface area is 179 Å². The molecule has 30 heavy (non-hydrogen) atoms. The molecule has 1 saturated carbocycles. The van der Waals surface area contributed by atoms with Crippen molar-refractivity contribution < 1.29 is 9.53 Å². The summed E-state index contributed by atoms with van der Waals surface area (Å²) in [6, 6.07) is 10.9. The van der Waals surface area contributed by atoms with Crippen LogP contribution >= 0.6 is 0 Å². The molecule has 5 heteroatoms. The number of carbonyl (C=O) groups excluding carboxylic acids is 1. The van der Waals surface area contributed by atoms with Crippen LogP contribution in [0.15, 0.2) is 30.3 Å². The maximum Gasteiger partial charge on any atom is 0.220 e. The summed E-state index contributed by atoms with van der Waals surface area (Å²) in [5, 5.41) is 3.16. The van der Waals surface area contributed by atoms with Gasteiger partial charge in [0.1, 0.15) is 0 Å². The number of anilines is 1. The molecule has 4 rings (SSSR count). The topological polar surface area (TPSA) is 54.5 Å². The number of nitrogens with one attached hydrogen (secondary N) is 1. The molecule has 1 amide bonds. The molecule has 1 saturated heterocycles. The van der Waals surface area contributed by atoms with Gasteiger partial charge in [0.25, 0.3) is 0 Å². The predicted molar refractivity (Wildman–Crippen MR) is 121 cm³/mol. The summed E-state index contributed by atoms with van der Waals surface area (Å²) in [5.41, 5.74) is 6.67. The lowest BCUT2D eigenvalue weighted by Crippen LogP contribution is -2.45. The number of morpholine rings is 1. The average molecular weight is 408 g/mol. The zero-order valence-electron chi connectivity index (χ0n) is 18.6. The number of benzene rings is 1. The van der Waals surface area contributed by atoms with Crippen LogP contribution in [-0.4, -0.2) is 36.2 Å².